The van der Waals surface area contributed by atoms with E-state index in [2.05, 4.69) is 10.1 Å². The van der Waals surface area contributed by atoms with E-state index in [-0.39, 0.29) is 35.0 Å². The van der Waals surface area contributed by atoms with Gasteiger partial charge in [-0.2, -0.15) is 4.98 Å². The second kappa shape index (κ2) is 7.76. The van der Waals surface area contributed by atoms with Crippen LogP contribution in [0.4, 0.5) is 0 Å². The van der Waals surface area contributed by atoms with Gasteiger partial charge in [-0.1, -0.05) is 16.8 Å². The highest BCUT2D eigenvalue weighted by atomic mass is 35.5. The summed E-state index contributed by atoms with van der Waals surface area (Å²) in [6.45, 7) is -0.122. The monoisotopic (exact) mass is 402 g/mol. The largest absolute Gasteiger partial charge is 0.455 e. The van der Waals surface area contributed by atoms with Gasteiger partial charge < -0.3 is 9.26 Å². The highest BCUT2D eigenvalue weighted by Crippen LogP contribution is 2.24. The number of benzene rings is 1. The Kier molecular flexibility index (Phi) is 5.65. The smallest absolute Gasteiger partial charge is 0.316 e. The Morgan fingerprint density at radius 3 is 2.80 bits per heavy atom. The molecule has 7 nitrogen and oxygen atoms in total. The van der Waals surface area contributed by atoms with Crippen molar-refractivity contribution in [3.8, 4) is 11.4 Å². The number of hydrogen-bond donors (Lipinski definition) is 0. The zero-order valence-electron chi connectivity index (χ0n) is 13.1. The summed E-state index contributed by atoms with van der Waals surface area (Å²) in [6.07, 6.45) is 0.578. The van der Waals surface area contributed by atoms with Crippen LogP contribution in [0.25, 0.3) is 11.4 Å². The van der Waals surface area contributed by atoms with Crippen LogP contribution >= 0.6 is 23.4 Å². The Morgan fingerprint density at radius 2 is 2.12 bits per heavy atom. The lowest BCUT2D eigenvalue weighted by Crippen LogP contribution is -2.12. The number of carbonyl (C=O) groups excluding carboxylic acids is 1. The lowest BCUT2D eigenvalue weighted by atomic mass is 10.2. The van der Waals surface area contributed by atoms with Crippen molar-refractivity contribution in [1.82, 2.24) is 10.1 Å². The van der Waals surface area contributed by atoms with E-state index >= 15 is 0 Å². The molecule has 1 aliphatic heterocycles. The van der Waals surface area contributed by atoms with Crippen LogP contribution in [0.1, 0.15) is 12.3 Å². The predicted octanol–water partition coefficient (Wildman–Crippen LogP) is 2.35. The van der Waals surface area contributed by atoms with Crippen LogP contribution in [-0.4, -0.2) is 47.0 Å². The molecule has 0 amide bonds. The minimum absolute atomic E-state index is 0.0440. The van der Waals surface area contributed by atoms with Crippen molar-refractivity contribution in [3.05, 3.63) is 35.2 Å². The minimum Gasteiger partial charge on any atom is -0.455 e. The average molecular weight is 403 g/mol. The van der Waals surface area contributed by atoms with E-state index in [4.69, 9.17) is 20.9 Å². The molecule has 1 aliphatic rings. The number of nitrogens with zero attached hydrogens (tertiary/aromatic N) is 2. The second-order valence-electron chi connectivity index (χ2n) is 5.52. The van der Waals surface area contributed by atoms with Gasteiger partial charge >= 0.3 is 5.97 Å². The third-order valence-electron chi connectivity index (χ3n) is 3.55. The standard InChI is InChI=1S/C15H15ClN2O5S2/c16-11-3-1-10(2-4-11)15-17-13(23-18-15)7-22-14(19)8-24-12-5-6-25(20,21)9-12/h1-4,12H,5-9H2/t12-/m1/s1. The summed E-state index contributed by atoms with van der Waals surface area (Å²) < 4.78 is 32.9. The van der Waals surface area contributed by atoms with Crippen LogP contribution < -0.4 is 0 Å². The molecule has 1 saturated heterocycles. The number of hydrogen-bond acceptors (Lipinski definition) is 8. The van der Waals surface area contributed by atoms with Gasteiger partial charge in [0.2, 0.25) is 5.82 Å². The van der Waals surface area contributed by atoms with E-state index in [0.29, 0.717) is 17.3 Å². The van der Waals surface area contributed by atoms with Crippen LogP contribution in [0.2, 0.25) is 5.02 Å². The molecular formula is C15H15ClN2O5S2. The molecule has 1 atom stereocenters. The molecule has 0 aliphatic carbocycles. The summed E-state index contributed by atoms with van der Waals surface area (Å²) in [4.78, 5) is 15.9. The van der Waals surface area contributed by atoms with E-state index in [1.54, 1.807) is 24.3 Å². The summed E-state index contributed by atoms with van der Waals surface area (Å²) in [7, 11) is -2.94. The summed E-state index contributed by atoms with van der Waals surface area (Å²) in [5.41, 5.74) is 0.740. The molecule has 0 N–H and O–H groups in total. The van der Waals surface area contributed by atoms with E-state index in [9.17, 15) is 13.2 Å². The fourth-order valence-electron chi connectivity index (χ4n) is 2.29. The van der Waals surface area contributed by atoms with Crippen LogP contribution in [-0.2, 0) is 26.0 Å². The number of ether oxygens (including phenoxy) is 1. The Bertz CT molecular complexity index is 851. The van der Waals surface area contributed by atoms with Crippen molar-refractivity contribution in [2.45, 2.75) is 18.3 Å². The highest BCUT2D eigenvalue weighted by Gasteiger charge is 2.28. The fraction of sp³-hybridized carbons (Fsp3) is 0.400. The first kappa shape index (κ1) is 18.2. The maximum atomic E-state index is 11.8. The summed E-state index contributed by atoms with van der Waals surface area (Å²) in [5, 5.41) is 4.39. The van der Waals surface area contributed by atoms with Crippen LogP contribution in [0.15, 0.2) is 28.8 Å². The molecular weight excluding hydrogens is 388 g/mol. The number of carbonyl (C=O) groups is 1. The van der Waals surface area contributed by atoms with Gasteiger partial charge in [0.1, 0.15) is 0 Å². The number of esters is 1. The molecule has 10 heteroatoms. The second-order valence-corrected chi connectivity index (χ2v) is 9.47. The molecule has 3 rings (SSSR count). The molecule has 0 saturated carbocycles. The average Bonchev–Trinajstić information content (AvgIpc) is 3.18. The van der Waals surface area contributed by atoms with Gasteiger partial charge in [0.05, 0.1) is 17.3 Å². The van der Waals surface area contributed by atoms with Crippen molar-refractivity contribution in [2.75, 3.05) is 17.3 Å². The Labute approximate surface area is 154 Å². The zero-order valence-corrected chi connectivity index (χ0v) is 15.4. The first-order valence-corrected chi connectivity index (χ1v) is 10.7. The SMILES string of the molecule is O=C(CS[C@@H]1CCS(=O)(=O)C1)OCc1nc(-c2ccc(Cl)cc2)no1. The molecule has 2 aromatic rings. The Morgan fingerprint density at radius 1 is 1.36 bits per heavy atom. The Hall–Kier alpha value is -1.58. The first-order chi connectivity index (χ1) is 11.9. The number of sulfone groups is 1. The number of thioether (sulfide) groups is 1. The molecule has 0 unspecified atom stereocenters. The van der Waals surface area contributed by atoms with Gasteiger partial charge in [-0.05, 0) is 30.7 Å². The molecule has 1 aromatic heterocycles. The van der Waals surface area contributed by atoms with E-state index in [0.717, 1.165) is 5.56 Å². The van der Waals surface area contributed by atoms with Gasteiger partial charge in [-0.3, -0.25) is 4.79 Å². The normalized spacial score (nSPS) is 19.0. The molecule has 0 bridgehead atoms. The molecule has 2 heterocycles. The number of aromatic nitrogens is 2. The zero-order chi connectivity index (χ0) is 17.9. The number of rotatable bonds is 6. The first-order valence-electron chi connectivity index (χ1n) is 7.47. The summed E-state index contributed by atoms with van der Waals surface area (Å²) >= 11 is 7.12. The van der Waals surface area contributed by atoms with Gasteiger partial charge in [-0.25, -0.2) is 8.42 Å². The molecule has 1 fully saturated rings. The third kappa shape index (κ3) is 5.20. The Balaban J connectivity index is 1.45. The highest BCUT2D eigenvalue weighted by molar-refractivity contribution is 8.02. The minimum atomic E-state index is -2.94. The van der Waals surface area contributed by atoms with Gasteiger partial charge in [0, 0.05) is 15.8 Å². The van der Waals surface area contributed by atoms with Gasteiger partial charge in [0.25, 0.3) is 5.89 Å². The predicted molar refractivity (Wildman–Crippen MR) is 94.1 cm³/mol. The van der Waals surface area contributed by atoms with Crippen molar-refractivity contribution in [2.24, 2.45) is 0 Å². The quantitative estimate of drug-likeness (QED) is 0.679. The van der Waals surface area contributed by atoms with Crippen molar-refractivity contribution in [3.63, 3.8) is 0 Å². The van der Waals surface area contributed by atoms with Crippen molar-refractivity contribution >= 4 is 39.2 Å². The summed E-state index contributed by atoms with van der Waals surface area (Å²) in [6, 6.07) is 6.95. The molecule has 134 valence electrons. The van der Waals surface area contributed by atoms with Crippen molar-refractivity contribution < 1.29 is 22.5 Å². The van der Waals surface area contributed by atoms with Gasteiger partial charge in [-0.15, -0.1) is 11.8 Å². The lowest BCUT2D eigenvalue weighted by molar-refractivity contribution is -0.142. The lowest BCUT2D eigenvalue weighted by Gasteiger charge is -2.06. The molecule has 0 radical (unpaired) electrons. The maximum absolute atomic E-state index is 11.8. The van der Waals surface area contributed by atoms with E-state index in [1.165, 1.54) is 11.8 Å². The fourth-order valence-corrected chi connectivity index (χ4v) is 5.86. The molecule has 25 heavy (non-hydrogen) atoms. The van der Waals surface area contributed by atoms with Crippen molar-refractivity contribution in [1.29, 1.82) is 0 Å². The van der Waals surface area contributed by atoms with Crippen LogP contribution in [0.3, 0.4) is 0 Å². The summed E-state index contributed by atoms with van der Waals surface area (Å²) in [5.74, 6) is 0.535. The maximum Gasteiger partial charge on any atom is 0.316 e. The van der Waals surface area contributed by atoms with Crippen LogP contribution in [0, 0.1) is 0 Å². The molecule has 1 aromatic carbocycles. The topological polar surface area (TPSA) is 99.4 Å². The van der Waals surface area contributed by atoms with E-state index < -0.39 is 15.8 Å². The molecule has 0 spiro atoms. The third-order valence-corrected chi connectivity index (χ3v) is 7.06. The van der Waals surface area contributed by atoms with Gasteiger partial charge in [0.15, 0.2) is 16.4 Å². The number of halogens is 1. The van der Waals surface area contributed by atoms with E-state index in [1.807, 2.05) is 0 Å². The van der Waals surface area contributed by atoms with Crippen LogP contribution in [0.5, 0.6) is 0 Å².